The maximum atomic E-state index is 10.8. The number of carboxylic acid groups (broad SMARTS) is 1. The molecule has 0 radical (unpaired) electrons. The summed E-state index contributed by atoms with van der Waals surface area (Å²) >= 11 is 0. The number of carbonyl (C=O) groups is 1. The standard InChI is InChI=1S/C9H17NO8/c10-5-3(12)1-9(17,8(15)16)18-7(5)6(14)4(13)2-11/h3-7,11-14,17H,1-2,10H2,(H,15,16)/t3?,4-,5?,6-,7?,9?/m0/s1. The number of rotatable bonds is 4. The van der Waals surface area contributed by atoms with Gasteiger partial charge in [0.15, 0.2) is 0 Å². The van der Waals surface area contributed by atoms with Crippen LogP contribution in [0.25, 0.3) is 0 Å². The lowest BCUT2D eigenvalue weighted by molar-refractivity contribution is -0.292. The Balaban J connectivity index is 2.92. The topological polar surface area (TPSA) is 174 Å². The van der Waals surface area contributed by atoms with Crippen LogP contribution >= 0.6 is 0 Å². The van der Waals surface area contributed by atoms with Gasteiger partial charge in [-0.2, -0.15) is 0 Å². The van der Waals surface area contributed by atoms with E-state index in [9.17, 15) is 25.2 Å². The van der Waals surface area contributed by atoms with Crippen molar-refractivity contribution in [1.82, 2.24) is 0 Å². The van der Waals surface area contributed by atoms with Crippen molar-refractivity contribution in [2.24, 2.45) is 5.73 Å². The van der Waals surface area contributed by atoms with E-state index in [1.165, 1.54) is 0 Å². The molecule has 1 saturated heterocycles. The smallest absolute Gasteiger partial charge is 0.364 e. The van der Waals surface area contributed by atoms with Gasteiger partial charge in [0.2, 0.25) is 0 Å². The Bertz CT molecular complexity index is 313. The van der Waals surface area contributed by atoms with E-state index in [1.54, 1.807) is 0 Å². The average molecular weight is 267 g/mol. The molecule has 9 heteroatoms. The zero-order chi connectivity index (χ0) is 14.1. The summed E-state index contributed by atoms with van der Waals surface area (Å²) in [6, 6.07) is -1.21. The normalized spacial score (nSPS) is 40.2. The second-order valence-electron chi connectivity index (χ2n) is 4.26. The molecule has 0 aromatic heterocycles. The quantitative estimate of drug-likeness (QED) is 0.267. The van der Waals surface area contributed by atoms with Gasteiger partial charge in [-0.3, -0.25) is 0 Å². The Morgan fingerprint density at radius 2 is 2.06 bits per heavy atom. The minimum absolute atomic E-state index is 0.665. The third kappa shape index (κ3) is 2.78. The van der Waals surface area contributed by atoms with E-state index >= 15 is 0 Å². The first-order valence-corrected chi connectivity index (χ1v) is 5.27. The van der Waals surface area contributed by atoms with Crippen molar-refractivity contribution < 1.29 is 40.2 Å². The van der Waals surface area contributed by atoms with E-state index in [2.05, 4.69) is 0 Å². The molecule has 18 heavy (non-hydrogen) atoms. The lowest BCUT2D eigenvalue weighted by Gasteiger charge is -2.43. The van der Waals surface area contributed by atoms with Gasteiger partial charge >= 0.3 is 5.97 Å². The third-order valence-corrected chi connectivity index (χ3v) is 2.89. The van der Waals surface area contributed by atoms with Crippen molar-refractivity contribution in [2.45, 2.75) is 42.7 Å². The minimum Gasteiger partial charge on any atom is -0.477 e. The molecule has 6 atom stereocenters. The van der Waals surface area contributed by atoms with Crippen LogP contribution in [0.2, 0.25) is 0 Å². The van der Waals surface area contributed by atoms with Gasteiger partial charge in [0, 0.05) is 6.42 Å². The lowest BCUT2D eigenvalue weighted by atomic mass is 9.89. The van der Waals surface area contributed by atoms with E-state index in [0.717, 1.165) is 0 Å². The Kier molecular flexibility index (Phi) is 4.61. The molecule has 1 aliphatic rings. The predicted octanol–water partition coefficient (Wildman–Crippen LogP) is -4.05. The highest BCUT2D eigenvalue weighted by Crippen LogP contribution is 2.29. The summed E-state index contributed by atoms with van der Waals surface area (Å²) in [4.78, 5) is 10.8. The fourth-order valence-electron chi connectivity index (χ4n) is 1.75. The molecule has 0 spiro atoms. The van der Waals surface area contributed by atoms with Crippen molar-refractivity contribution in [3.8, 4) is 0 Å². The summed E-state index contributed by atoms with van der Waals surface area (Å²) in [5, 5.41) is 55.5. The van der Waals surface area contributed by atoms with Crippen LogP contribution < -0.4 is 5.73 Å². The maximum Gasteiger partial charge on any atom is 0.364 e. The summed E-state index contributed by atoms with van der Waals surface area (Å²) < 4.78 is 4.75. The molecule has 1 rings (SSSR count). The van der Waals surface area contributed by atoms with E-state index in [1.807, 2.05) is 0 Å². The largest absolute Gasteiger partial charge is 0.477 e. The SMILES string of the molecule is NC1C(O)CC(O)(C(=O)O)OC1[C@@H](O)[C@@H](O)CO. The van der Waals surface area contributed by atoms with Gasteiger partial charge in [-0.25, -0.2) is 4.79 Å². The van der Waals surface area contributed by atoms with Crippen LogP contribution in [0.4, 0.5) is 0 Å². The summed E-state index contributed by atoms with van der Waals surface area (Å²) in [6.45, 7) is -0.810. The van der Waals surface area contributed by atoms with E-state index in [0.29, 0.717) is 0 Å². The molecule has 4 unspecified atom stereocenters. The van der Waals surface area contributed by atoms with Crippen molar-refractivity contribution in [2.75, 3.05) is 6.61 Å². The highest BCUT2D eigenvalue weighted by Gasteiger charge is 2.52. The van der Waals surface area contributed by atoms with Crippen molar-refractivity contribution in [1.29, 1.82) is 0 Å². The van der Waals surface area contributed by atoms with Gasteiger partial charge in [0.25, 0.3) is 5.79 Å². The van der Waals surface area contributed by atoms with Crippen molar-refractivity contribution in [3.05, 3.63) is 0 Å². The van der Waals surface area contributed by atoms with Gasteiger partial charge in [0.05, 0.1) is 18.8 Å². The summed E-state index contributed by atoms with van der Waals surface area (Å²) in [7, 11) is 0. The molecule has 9 nitrogen and oxygen atoms in total. The number of aliphatic hydroxyl groups excluding tert-OH is 4. The number of hydrogen-bond donors (Lipinski definition) is 7. The number of aliphatic carboxylic acids is 1. The maximum absolute atomic E-state index is 10.8. The molecule has 0 saturated carbocycles. The molecule has 1 aliphatic heterocycles. The molecule has 8 N–H and O–H groups in total. The molecule has 0 aromatic carbocycles. The van der Waals surface area contributed by atoms with Gasteiger partial charge in [-0.1, -0.05) is 0 Å². The molecule has 106 valence electrons. The first kappa shape index (κ1) is 15.2. The molecular formula is C9H17NO8. The van der Waals surface area contributed by atoms with Crippen LogP contribution in [-0.2, 0) is 9.53 Å². The molecule has 0 amide bonds. The molecule has 0 bridgehead atoms. The molecule has 0 aliphatic carbocycles. The van der Waals surface area contributed by atoms with Crippen LogP contribution in [0.15, 0.2) is 0 Å². The fourth-order valence-corrected chi connectivity index (χ4v) is 1.75. The number of aliphatic hydroxyl groups is 5. The number of carboxylic acids is 1. The molecule has 1 heterocycles. The van der Waals surface area contributed by atoms with E-state index < -0.39 is 55.2 Å². The van der Waals surface area contributed by atoms with Gasteiger partial charge in [-0.15, -0.1) is 0 Å². The predicted molar refractivity (Wildman–Crippen MR) is 55.2 cm³/mol. The monoisotopic (exact) mass is 267 g/mol. The number of nitrogens with two attached hydrogens (primary N) is 1. The first-order chi connectivity index (χ1) is 8.23. The minimum atomic E-state index is -2.70. The molecule has 0 aromatic rings. The van der Waals surface area contributed by atoms with Crippen LogP contribution in [0.3, 0.4) is 0 Å². The first-order valence-electron chi connectivity index (χ1n) is 5.27. The Labute approximate surface area is 102 Å². The van der Waals surface area contributed by atoms with Crippen LogP contribution in [0, 0.1) is 0 Å². The van der Waals surface area contributed by atoms with Crippen LogP contribution in [0.1, 0.15) is 6.42 Å². The van der Waals surface area contributed by atoms with Crippen LogP contribution in [0.5, 0.6) is 0 Å². The Morgan fingerprint density at radius 1 is 1.50 bits per heavy atom. The fraction of sp³-hybridized carbons (Fsp3) is 0.889. The average Bonchev–Trinajstić information content (AvgIpc) is 2.31. The summed E-state index contributed by atoms with van der Waals surface area (Å²) in [5.41, 5.74) is 5.51. The van der Waals surface area contributed by atoms with Gasteiger partial charge in [0.1, 0.15) is 18.3 Å². The number of hydrogen-bond acceptors (Lipinski definition) is 8. The zero-order valence-corrected chi connectivity index (χ0v) is 9.38. The second kappa shape index (κ2) is 5.45. The van der Waals surface area contributed by atoms with E-state index in [4.69, 9.17) is 20.7 Å². The second-order valence-corrected chi connectivity index (χ2v) is 4.26. The van der Waals surface area contributed by atoms with Gasteiger partial charge in [-0.05, 0) is 0 Å². The lowest BCUT2D eigenvalue weighted by Crippen LogP contribution is -2.65. The Morgan fingerprint density at radius 3 is 2.50 bits per heavy atom. The Hall–Kier alpha value is -0.810. The van der Waals surface area contributed by atoms with Crippen LogP contribution in [-0.4, -0.2) is 79.5 Å². The summed E-state index contributed by atoms with van der Waals surface area (Å²) in [5.74, 6) is -4.44. The number of ether oxygens (including phenoxy) is 1. The highest BCUT2D eigenvalue weighted by molar-refractivity contribution is 5.75. The zero-order valence-electron chi connectivity index (χ0n) is 9.38. The van der Waals surface area contributed by atoms with Crippen molar-refractivity contribution >= 4 is 5.97 Å². The summed E-state index contributed by atoms with van der Waals surface area (Å²) in [6.07, 6.45) is -7.01. The highest BCUT2D eigenvalue weighted by atomic mass is 16.7. The molecule has 1 fully saturated rings. The third-order valence-electron chi connectivity index (χ3n) is 2.89. The van der Waals surface area contributed by atoms with Crippen molar-refractivity contribution in [3.63, 3.8) is 0 Å². The van der Waals surface area contributed by atoms with E-state index in [-0.39, 0.29) is 0 Å². The molecular weight excluding hydrogens is 250 g/mol. The van der Waals surface area contributed by atoms with Gasteiger partial charge < -0.3 is 41.1 Å².